The first-order chi connectivity index (χ1) is 21.8. The Morgan fingerprint density at radius 1 is 0.386 bits per heavy atom. The molecule has 0 atom stereocenters. The van der Waals surface area contributed by atoms with Gasteiger partial charge in [0, 0.05) is 34.6 Å². The van der Waals surface area contributed by atoms with Crippen molar-refractivity contribution in [2.75, 3.05) is 0 Å². The molecule has 0 radical (unpaired) electrons. The number of nitrogens with zero attached hydrogens (tertiary/aromatic N) is 5. The Bertz CT molecular complexity index is 2370. The molecule has 5 nitrogen and oxygen atoms in total. The highest BCUT2D eigenvalue weighted by molar-refractivity contribution is 6.11. The van der Waals surface area contributed by atoms with Crippen LogP contribution in [0.4, 0.5) is 0 Å². The van der Waals surface area contributed by atoms with E-state index in [4.69, 9.17) is 19.9 Å². The van der Waals surface area contributed by atoms with Gasteiger partial charge in [-0.3, -0.25) is 4.98 Å². The van der Waals surface area contributed by atoms with Crippen LogP contribution in [0.25, 0.3) is 89.4 Å². The maximum absolute atomic E-state index is 5.11. The van der Waals surface area contributed by atoms with Crippen LogP contribution in [0.3, 0.4) is 0 Å². The summed E-state index contributed by atoms with van der Waals surface area (Å²) in [5.74, 6) is 1.30. The van der Waals surface area contributed by atoms with Crippen LogP contribution < -0.4 is 0 Å². The van der Waals surface area contributed by atoms with Gasteiger partial charge in [-0.1, -0.05) is 109 Å². The van der Waals surface area contributed by atoms with Crippen molar-refractivity contribution in [3.8, 4) is 67.5 Å². The quantitative estimate of drug-likeness (QED) is 0.214. The molecule has 1 aliphatic rings. The van der Waals surface area contributed by atoms with E-state index in [2.05, 4.69) is 108 Å². The molecule has 1 aliphatic carbocycles. The van der Waals surface area contributed by atoms with E-state index in [0.717, 1.165) is 55.5 Å². The zero-order chi connectivity index (χ0) is 29.0. The number of fused-ring (bicyclic) bond motifs is 4. The first-order valence-electron chi connectivity index (χ1n) is 14.6. The molecule has 0 bridgehead atoms. The van der Waals surface area contributed by atoms with Gasteiger partial charge >= 0.3 is 0 Å². The van der Waals surface area contributed by atoms with E-state index in [0.29, 0.717) is 17.3 Å². The van der Waals surface area contributed by atoms with Crippen LogP contribution in [0.1, 0.15) is 0 Å². The maximum Gasteiger partial charge on any atom is 0.168 e. The summed E-state index contributed by atoms with van der Waals surface area (Å²) in [6.07, 6.45) is 3.65. The molecule has 0 spiro atoms. The summed E-state index contributed by atoms with van der Waals surface area (Å²) in [6, 6.07) is 44.1. The Balaban J connectivity index is 1.18. The van der Waals surface area contributed by atoms with Crippen molar-refractivity contribution in [3.05, 3.63) is 140 Å². The molecule has 44 heavy (non-hydrogen) atoms. The van der Waals surface area contributed by atoms with Crippen LogP contribution in [0.5, 0.6) is 0 Å². The number of rotatable bonds is 4. The molecule has 5 aromatic carbocycles. The first kappa shape index (κ1) is 24.5. The van der Waals surface area contributed by atoms with Crippen molar-refractivity contribution in [2.45, 2.75) is 0 Å². The first-order valence-corrected chi connectivity index (χ1v) is 14.6. The minimum Gasteiger partial charge on any atom is -0.264 e. The van der Waals surface area contributed by atoms with E-state index < -0.39 is 0 Å². The molecule has 0 N–H and O–H groups in total. The Morgan fingerprint density at radius 2 is 0.932 bits per heavy atom. The highest BCUT2D eigenvalue weighted by Crippen LogP contribution is 2.45. The Hall–Kier alpha value is -6.07. The summed E-state index contributed by atoms with van der Waals surface area (Å²) >= 11 is 0. The Kier molecular flexibility index (Phi) is 5.43. The van der Waals surface area contributed by atoms with Gasteiger partial charge in [0.15, 0.2) is 17.3 Å². The fourth-order valence-electron chi connectivity index (χ4n) is 6.12. The fraction of sp³-hybridized carbons (Fsp3) is 0. The molecular formula is C39H23N5. The molecule has 0 aliphatic heterocycles. The molecular weight excluding hydrogens is 538 g/mol. The van der Waals surface area contributed by atoms with Gasteiger partial charge in [-0.15, -0.1) is 0 Å². The number of hydrogen-bond acceptors (Lipinski definition) is 5. The van der Waals surface area contributed by atoms with Crippen LogP contribution in [0.15, 0.2) is 140 Å². The van der Waals surface area contributed by atoms with Gasteiger partial charge in [0.1, 0.15) is 0 Å². The molecule has 9 rings (SSSR count). The lowest BCUT2D eigenvalue weighted by Crippen LogP contribution is -1.98. The summed E-state index contributed by atoms with van der Waals surface area (Å²) in [5.41, 5.74) is 11.0. The predicted molar refractivity (Wildman–Crippen MR) is 177 cm³/mol. The van der Waals surface area contributed by atoms with Crippen LogP contribution >= 0.6 is 0 Å². The van der Waals surface area contributed by atoms with Gasteiger partial charge in [-0.05, 0) is 51.2 Å². The second kappa shape index (κ2) is 9.75. The summed E-state index contributed by atoms with van der Waals surface area (Å²) in [7, 11) is 0. The van der Waals surface area contributed by atoms with Gasteiger partial charge in [-0.25, -0.2) is 19.9 Å². The van der Waals surface area contributed by atoms with Gasteiger partial charge in [0.05, 0.1) is 16.8 Å². The zero-order valence-corrected chi connectivity index (χ0v) is 23.5. The van der Waals surface area contributed by atoms with Crippen LogP contribution in [0, 0.1) is 0 Å². The minimum atomic E-state index is 0.643. The van der Waals surface area contributed by atoms with Crippen LogP contribution in [0.2, 0.25) is 0 Å². The van der Waals surface area contributed by atoms with Crippen LogP contribution in [-0.2, 0) is 0 Å². The second-order valence-corrected chi connectivity index (χ2v) is 11.0. The van der Waals surface area contributed by atoms with Crippen molar-refractivity contribution >= 4 is 21.8 Å². The molecule has 5 heteroatoms. The fourth-order valence-corrected chi connectivity index (χ4v) is 6.12. The van der Waals surface area contributed by atoms with E-state index in [9.17, 15) is 0 Å². The van der Waals surface area contributed by atoms with E-state index in [1.54, 1.807) is 6.20 Å². The molecule has 204 valence electrons. The molecule has 3 aromatic heterocycles. The lowest BCUT2D eigenvalue weighted by atomic mass is 10.00. The van der Waals surface area contributed by atoms with Crippen molar-refractivity contribution in [1.29, 1.82) is 0 Å². The van der Waals surface area contributed by atoms with E-state index >= 15 is 0 Å². The third-order valence-corrected chi connectivity index (χ3v) is 8.34. The smallest absolute Gasteiger partial charge is 0.168 e. The van der Waals surface area contributed by atoms with Gasteiger partial charge in [0.25, 0.3) is 0 Å². The molecule has 0 fully saturated rings. The molecule has 0 unspecified atom stereocenters. The molecule has 0 saturated carbocycles. The van der Waals surface area contributed by atoms with Gasteiger partial charge in [0.2, 0.25) is 0 Å². The van der Waals surface area contributed by atoms with Crippen molar-refractivity contribution < 1.29 is 0 Å². The topological polar surface area (TPSA) is 64.5 Å². The third kappa shape index (κ3) is 3.98. The normalized spacial score (nSPS) is 11.6. The van der Waals surface area contributed by atoms with E-state index in [-0.39, 0.29) is 0 Å². The average Bonchev–Trinajstić information content (AvgIpc) is 3.42. The standard InChI is InChI=1S/C39H23N5/c1-2-7-24(8-3-1)27-16-17-29-22-30(19-18-28(29)21-27)38-42-36-33-11-5-4-10-32(33)35-34(36)39(44-38)43-37(41-35)26-14-12-25(13-15-26)31-9-6-20-40-23-31/h1-23H. The number of pyridine rings is 1. The lowest BCUT2D eigenvalue weighted by Gasteiger charge is -2.09. The van der Waals surface area contributed by atoms with Crippen molar-refractivity contribution in [3.63, 3.8) is 0 Å². The number of benzene rings is 5. The Morgan fingerprint density at radius 3 is 1.61 bits per heavy atom. The molecule has 0 saturated heterocycles. The average molecular weight is 562 g/mol. The molecule has 3 heterocycles. The van der Waals surface area contributed by atoms with Crippen molar-refractivity contribution in [1.82, 2.24) is 24.9 Å². The Labute approximate surface area is 253 Å². The van der Waals surface area contributed by atoms with E-state index in [1.807, 2.05) is 30.5 Å². The monoisotopic (exact) mass is 561 g/mol. The SMILES string of the molecule is c1ccc(-c2ccc3cc(-c4nc5c6c(nc(-c7ccc(-c8cccnc8)cc7)nc6n4)-c4ccccc4-5)ccc3c2)cc1. The summed E-state index contributed by atoms with van der Waals surface area (Å²) in [4.78, 5) is 24.5. The highest BCUT2D eigenvalue weighted by atomic mass is 15.0. The minimum absolute atomic E-state index is 0.643. The maximum atomic E-state index is 5.11. The lowest BCUT2D eigenvalue weighted by molar-refractivity contribution is 1.16. The summed E-state index contributed by atoms with van der Waals surface area (Å²) < 4.78 is 0. The number of aromatic nitrogens is 5. The molecule has 8 aromatic rings. The summed E-state index contributed by atoms with van der Waals surface area (Å²) in [6.45, 7) is 0. The van der Waals surface area contributed by atoms with Gasteiger partial charge < -0.3 is 0 Å². The van der Waals surface area contributed by atoms with Crippen LogP contribution in [-0.4, -0.2) is 24.9 Å². The molecule has 0 amide bonds. The van der Waals surface area contributed by atoms with E-state index in [1.165, 1.54) is 16.5 Å². The third-order valence-electron chi connectivity index (χ3n) is 8.34. The van der Waals surface area contributed by atoms with Gasteiger partial charge in [-0.2, -0.15) is 0 Å². The number of hydrogen-bond donors (Lipinski definition) is 0. The van der Waals surface area contributed by atoms with Crippen molar-refractivity contribution in [2.24, 2.45) is 0 Å². The summed E-state index contributed by atoms with van der Waals surface area (Å²) in [5, 5.41) is 3.21. The highest BCUT2D eigenvalue weighted by Gasteiger charge is 2.27. The largest absolute Gasteiger partial charge is 0.264 e. The predicted octanol–water partition coefficient (Wildman–Crippen LogP) is 9.28. The second-order valence-electron chi connectivity index (χ2n) is 11.0. The zero-order valence-electron chi connectivity index (χ0n) is 23.5.